The third-order valence-electron chi connectivity index (χ3n) is 4.52. The molecule has 1 N–H and O–H groups in total. The maximum Gasteiger partial charge on any atom is 0.265 e. The van der Waals surface area contributed by atoms with Gasteiger partial charge in [0.2, 0.25) is 5.91 Å². The smallest absolute Gasteiger partial charge is 0.265 e. The number of rotatable bonds is 10. The van der Waals surface area contributed by atoms with Gasteiger partial charge in [-0.25, -0.2) is 4.98 Å². The summed E-state index contributed by atoms with van der Waals surface area (Å²) in [6, 6.07) is 5.54. The molecule has 0 saturated carbocycles. The summed E-state index contributed by atoms with van der Waals surface area (Å²) in [5.41, 5.74) is 1.61. The topological polar surface area (TPSA) is 102 Å². The summed E-state index contributed by atoms with van der Waals surface area (Å²) in [6.07, 6.45) is 1.72. The van der Waals surface area contributed by atoms with Gasteiger partial charge in [-0.15, -0.1) is 16.8 Å². The minimum absolute atomic E-state index is 0.0927. The van der Waals surface area contributed by atoms with Crippen molar-refractivity contribution in [3.8, 4) is 5.75 Å². The largest absolute Gasteiger partial charge is 0.484 e. The second-order valence-corrected chi connectivity index (χ2v) is 9.84. The first-order valence-corrected chi connectivity index (χ1v) is 12.4. The molecule has 12 heteroatoms. The Labute approximate surface area is 211 Å². The van der Waals surface area contributed by atoms with Gasteiger partial charge in [0.05, 0.1) is 16.5 Å². The molecule has 34 heavy (non-hydrogen) atoms. The Morgan fingerprint density at radius 3 is 2.79 bits per heavy atom. The Bertz CT molecular complexity index is 1210. The third kappa shape index (κ3) is 6.37. The summed E-state index contributed by atoms with van der Waals surface area (Å²) >= 11 is 8.59. The number of carbonyl (C=O) groups excluding carboxylic acids is 2. The first-order chi connectivity index (χ1) is 16.2. The number of benzene rings is 1. The number of carbonyl (C=O) groups is 2. The molecule has 1 aromatic carbocycles. The molecular weight excluding hydrogens is 496 g/mol. The predicted molar refractivity (Wildman–Crippen MR) is 135 cm³/mol. The minimum Gasteiger partial charge on any atom is -0.484 e. The molecule has 9 nitrogen and oxygen atoms in total. The fraction of sp³-hybridized carbons (Fsp3) is 0.318. The number of ether oxygens (including phenoxy) is 1. The number of halogens is 1. The van der Waals surface area contributed by atoms with Crippen LogP contribution in [-0.4, -0.2) is 56.3 Å². The number of thioether (sulfide) groups is 1. The lowest BCUT2D eigenvalue weighted by molar-refractivity contribution is -0.113. The van der Waals surface area contributed by atoms with Crippen LogP contribution in [-0.2, 0) is 17.9 Å². The number of hydrogen-bond donors (Lipinski definition) is 1. The Morgan fingerprint density at radius 1 is 1.32 bits per heavy atom. The van der Waals surface area contributed by atoms with Crippen molar-refractivity contribution < 1.29 is 14.3 Å². The van der Waals surface area contributed by atoms with E-state index in [1.165, 1.54) is 16.7 Å². The average molecular weight is 521 g/mol. The summed E-state index contributed by atoms with van der Waals surface area (Å²) < 4.78 is 7.67. The van der Waals surface area contributed by atoms with Gasteiger partial charge in [-0.3, -0.25) is 14.2 Å². The molecule has 0 unspecified atom stereocenters. The van der Waals surface area contributed by atoms with E-state index < -0.39 is 0 Å². The summed E-state index contributed by atoms with van der Waals surface area (Å²) in [4.78, 5) is 30.9. The Kier molecular flexibility index (Phi) is 8.70. The van der Waals surface area contributed by atoms with Gasteiger partial charge in [0.25, 0.3) is 5.91 Å². The molecule has 0 fully saturated rings. The van der Waals surface area contributed by atoms with Gasteiger partial charge in [0.1, 0.15) is 17.2 Å². The molecule has 0 radical (unpaired) electrons. The van der Waals surface area contributed by atoms with Gasteiger partial charge >= 0.3 is 0 Å². The fourth-order valence-corrected chi connectivity index (χ4v) is 4.79. The lowest BCUT2D eigenvalue weighted by Gasteiger charge is -2.10. The highest BCUT2D eigenvalue weighted by Gasteiger charge is 2.19. The van der Waals surface area contributed by atoms with Crippen LogP contribution in [0.2, 0.25) is 5.02 Å². The minimum atomic E-state index is -0.264. The molecule has 3 aromatic rings. The monoisotopic (exact) mass is 520 g/mol. The number of aromatic nitrogens is 4. The van der Waals surface area contributed by atoms with Crippen LogP contribution in [0.4, 0.5) is 5.13 Å². The molecular formula is C22H25ClN6O3S2. The van der Waals surface area contributed by atoms with E-state index in [0.717, 1.165) is 16.9 Å². The molecule has 2 amide bonds. The lowest BCUT2D eigenvalue weighted by Crippen LogP contribution is -2.21. The molecule has 0 aliphatic rings. The standard InChI is InChI=1S/C22H25ClN6O3S2/c1-6-9-29-17(11-32-16-10-13(2)7-8-15(16)23)26-27-22(29)33-12-18(30)25-21-24-14(3)19(34-21)20(31)28(4)5/h6-8,10H,1,9,11-12H2,2-5H3,(H,24,25,30). The number of allylic oxidation sites excluding steroid dienone is 1. The highest BCUT2D eigenvalue weighted by molar-refractivity contribution is 7.99. The van der Waals surface area contributed by atoms with Gasteiger partial charge in [0.15, 0.2) is 16.1 Å². The molecule has 0 bridgehead atoms. The first-order valence-electron chi connectivity index (χ1n) is 10.2. The molecule has 0 spiro atoms. The van der Waals surface area contributed by atoms with Crippen LogP contribution >= 0.6 is 34.7 Å². The Hall–Kier alpha value is -2.89. The Morgan fingerprint density at radius 2 is 2.09 bits per heavy atom. The van der Waals surface area contributed by atoms with Gasteiger partial charge in [-0.1, -0.05) is 46.8 Å². The molecule has 3 rings (SSSR count). The van der Waals surface area contributed by atoms with Gasteiger partial charge in [-0.2, -0.15) is 0 Å². The van der Waals surface area contributed by atoms with Crippen LogP contribution in [0.25, 0.3) is 0 Å². The maximum absolute atomic E-state index is 12.5. The van der Waals surface area contributed by atoms with Crippen LogP contribution in [0.1, 0.15) is 26.8 Å². The average Bonchev–Trinajstić information content (AvgIpc) is 3.35. The van der Waals surface area contributed by atoms with E-state index in [1.807, 2.05) is 23.6 Å². The van der Waals surface area contributed by atoms with E-state index >= 15 is 0 Å². The lowest BCUT2D eigenvalue weighted by atomic mass is 10.2. The molecule has 2 aromatic heterocycles. The van der Waals surface area contributed by atoms with Crippen LogP contribution in [0.15, 0.2) is 36.0 Å². The van der Waals surface area contributed by atoms with Gasteiger partial charge in [-0.05, 0) is 31.5 Å². The van der Waals surface area contributed by atoms with Crippen molar-refractivity contribution in [3.05, 3.63) is 57.8 Å². The van der Waals surface area contributed by atoms with Crippen molar-refractivity contribution in [3.63, 3.8) is 0 Å². The van der Waals surface area contributed by atoms with Crippen LogP contribution in [0, 0.1) is 13.8 Å². The highest BCUT2D eigenvalue weighted by Crippen LogP contribution is 2.27. The number of anilines is 1. The molecule has 0 saturated heterocycles. The summed E-state index contributed by atoms with van der Waals surface area (Å²) in [6.45, 7) is 8.10. The third-order valence-corrected chi connectivity index (χ3v) is 6.86. The zero-order valence-corrected chi connectivity index (χ0v) is 21.7. The summed E-state index contributed by atoms with van der Waals surface area (Å²) in [7, 11) is 3.34. The number of aryl methyl sites for hydroxylation is 2. The normalized spacial score (nSPS) is 10.7. The van der Waals surface area contributed by atoms with Gasteiger partial charge in [0, 0.05) is 20.6 Å². The van der Waals surface area contributed by atoms with Crippen molar-refractivity contribution in [2.75, 3.05) is 25.2 Å². The number of amides is 2. The fourth-order valence-electron chi connectivity index (χ4n) is 2.85. The summed E-state index contributed by atoms with van der Waals surface area (Å²) in [5, 5.41) is 12.6. The molecule has 180 valence electrons. The zero-order chi connectivity index (χ0) is 24.8. The van der Waals surface area contributed by atoms with Crippen LogP contribution in [0.3, 0.4) is 0 Å². The van der Waals surface area contributed by atoms with E-state index in [-0.39, 0.29) is 24.2 Å². The van der Waals surface area contributed by atoms with Crippen molar-refractivity contribution >= 4 is 51.6 Å². The molecule has 0 aliphatic heterocycles. The second kappa shape index (κ2) is 11.5. The molecule has 2 heterocycles. The number of hydrogen-bond acceptors (Lipinski definition) is 8. The van der Waals surface area contributed by atoms with Crippen molar-refractivity contribution in [1.82, 2.24) is 24.6 Å². The van der Waals surface area contributed by atoms with E-state index in [9.17, 15) is 9.59 Å². The maximum atomic E-state index is 12.5. The van der Waals surface area contributed by atoms with E-state index in [0.29, 0.717) is 44.0 Å². The first kappa shape index (κ1) is 25.7. The number of thiazole rings is 1. The van der Waals surface area contributed by atoms with Gasteiger partial charge < -0.3 is 15.0 Å². The van der Waals surface area contributed by atoms with Crippen molar-refractivity contribution in [2.45, 2.75) is 32.2 Å². The van der Waals surface area contributed by atoms with Crippen LogP contribution in [0.5, 0.6) is 5.75 Å². The van der Waals surface area contributed by atoms with E-state index in [4.69, 9.17) is 16.3 Å². The Balaban J connectivity index is 1.63. The highest BCUT2D eigenvalue weighted by atomic mass is 35.5. The quantitative estimate of drug-likeness (QED) is 0.315. The van der Waals surface area contributed by atoms with E-state index in [1.54, 1.807) is 33.2 Å². The number of nitrogens with zero attached hydrogens (tertiary/aromatic N) is 5. The second-order valence-electron chi connectivity index (χ2n) is 7.49. The zero-order valence-electron chi connectivity index (χ0n) is 19.3. The number of nitrogens with one attached hydrogen (secondary N) is 1. The molecule has 0 aliphatic carbocycles. The van der Waals surface area contributed by atoms with Crippen molar-refractivity contribution in [1.29, 1.82) is 0 Å². The van der Waals surface area contributed by atoms with Crippen LogP contribution < -0.4 is 10.1 Å². The van der Waals surface area contributed by atoms with Crippen molar-refractivity contribution in [2.24, 2.45) is 0 Å². The predicted octanol–water partition coefficient (Wildman–Crippen LogP) is 4.20. The SMILES string of the molecule is C=CCn1c(COc2cc(C)ccc2Cl)nnc1SCC(=O)Nc1nc(C)c(C(=O)N(C)C)s1. The van der Waals surface area contributed by atoms with E-state index in [2.05, 4.69) is 27.1 Å². The summed E-state index contributed by atoms with van der Waals surface area (Å²) in [5.74, 6) is 0.830. The molecule has 0 atom stereocenters.